The molecule has 0 aromatic heterocycles. The van der Waals surface area contributed by atoms with Crippen molar-refractivity contribution in [3.05, 3.63) is 0 Å². The summed E-state index contributed by atoms with van der Waals surface area (Å²) in [7, 11) is 0. The molecule has 0 aromatic rings. The summed E-state index contributed by atoms with van der Waals surface area (Å²) in [6.07, 6.45) is 0. The molecule has 4 heteroatoms. The minimum Gasteiger partial charge on any atom is 0 e. The second kappa shape index (κ2) is 9.20. The van der Waals surface area contributed by atoms with Crippen molar-refractivity contribution >= 4 is 37.2 Å². The zero-order valence-corrected chi connectivity index (χ0v) is 9.06. The van der Waals surface area contributed by atoms with Gasteiger partial charge >= 0.3 is 50.5 Å². The van der Waals surface area contributed by atoms with Crippen molar-refractivity contribution in [1.82, 2.24) is 0 Å². The Hall–Kier alpha value is 2.71. The van der Waals surface area contributed by atoms with Gasteiger partial charge < -0.3 is 0 Å². The third kappa shape index (κ3) is 8.83. The van der Waals surface area contributed by atoms with Gasteiger partial charge in [-0.15, -0.1) is 0 Å². The molecule has 4 heavy (non-hydrogen) atoms. The monoisotopic (exact) mass is 437 g/mol. The van der Waals surface area contributed by atoms with Crippen LogP contribution in [0.4, 0.5) is 0 Å². The van der Waals surface area contributed by atoms with Gasteiger partial charge in [0.1, 0.15) is 0 Å². The summed E-state index contributed by atoms with van der Waals surface area (Å²) in [4.78, 5) is 0. The van der Waals surface area contributed by atoms with Crippen LogP contribution < -0.4 is 13.3 Å². The second-order valence-corrected chi connectivity index (χ2v) is 16.3. The Morgan fingerprint density at radius 2 is 1.25 bits per heavy atom. The van der Waals surface area contributed by atoms with Gasteiger partial charge in [-0.2, -0.15) is 0 Å². The van der Waals surface area contributed by atoms with E-state index in [0.29, 0.717) is 13.3 Å². The van der Waals surface area contributed by atoms with Crippen molar-refractivity contribution in [2.75, 3.05) is 0 Å². The van der Waals surface area contributed by atoms with Crippen molar-refractivity contribution in [1.29, 1.82) is 0 Å². The van der Waals surface area contributed by atoms with Gasteiger partial charge in [0.05, 0.1) is 0 Å². The third-order valence-corrected chi connectivity index (χ3v) is 0. The fraction of sp³-hybridized carbons (Fsp3) is 0. The molecule has 30 valence electrons. The summed E-state index contributed by atoms with van der Waals surface area (Å²) >= 11 is 5.30. The van der Waals surface area contributed by atoms with Crippen LogP contribution in [0, 0.1) is 0 Å². The molecule has 0 heterocycles. The van der Waals surface area contributed by atoms with E-state index in [-0.39, 0.29) is 17.1 Å². The predicted octanol–water partition coefficient (Wildman–Crippen LogP) is -1.23. The van der Waals surface area contributed by atoms with Gasteiger partial charge in [0.25, 0.3) is 0 Å². The van der Waals surface area contributed by atoms with Crippen LogP contribution in [-0.2, 0) is 17.1 Å². The van der Waals surface area contributed by atoms with Crippen LogP contribution in [0.3, 0.4) is 0 Å². The smallest absolute Gasteiger partial charge is 0 e. The third-order valence-electron chi connectivity index (χ3n) is 0. The quantitative estimate of drug-likeness (QED) is 0.330. The largest absolute Gasteiger partial charge is 0 e. The average molecular weight is 437 g/mol. The van der Waals surface area contributed by atoms with Crippen molar-refractivity contribution in [3.63, 3.8) is 0 Å². The summed E-state index contributed by atoms with van der Waals surface area (Å²) in [5.74, 6) is 0. The molecule has 0 bridgehead atoms. The maximum absolute atomic E-state index is 2.39. The van der Waals surface area contributed by atoms with Crippen LogP contribution in [0.15, 0.2) is 0 Å². The predicted molar refractivity (Wildman–Crippen MR) is 28.0 cm³/mol. The summed E-state index contributed by atoms with van der Waals surface area (Å²) in [5, 5.41) is 0. The molecule has 0 aliphatic carbocycles. The fourth-order valence-corrected chi connectivity index (χ4v) is 0. The van der Waals surface area contributed by atoms with Crippen LogP contribution in [0.1, 0.15) is 0 Å². The maximum atomic E-state index is 2.39. The molecular formula is FeI3-. The first kappa shape index (κ1) is 9.86. The summed E-state index contributed by atoms with van der Waals surface area (Å²) in [6, 6.07) is 0. The van der Waals surface area contributed by atoms with E-state index in [1.54, 1.807) is 0 Å². The van der Waals surface area contributed by atoms with E-state index in [0.717, 1.165) is 0 Å². The Morgan fingerprint density at radius 3 is 1.25 bits per heavy atom. The molecule has 0 radical (unpaired) electrons. The van der Waals surface area contributed by atoms with Crippen molar-refractivity contribution in [2.45, 2.75) is 0 Å². The molecule has 0 nitrogen and oxygen atoms in total. The van der Waals surface area contributed by atoms with E-state index >= 15 is 0 Å². The number of hydrogen-bond acceptors (Lipinski definition) is 0. The van der Waals surface area contributed by atoms with Gasteiger partial charge in [-0.05, 0) is 0 Å². The minimum atomic E-state index is 0. The normalized spacial score (nSPS) is 5.50. The Labute approximate surface area is 66.0 Å². The summed E-state index contributed by atoms with van der Waals surface area (Å²) in [5.41, 5.74) is 0. The number of hydrogen-bond donors (Lipinski definition) is 0. The van der Waals surface area contributed by atoms with Crippen molar-refractivity contribution < 1.29 is 30.3 Å². The molecule has 0 fully saturated rings. The average Bonchev–Trinajstić information content (AvgIpc) is 0.918. The molecule has 0 aromatic carbocycles. The molecule has 0 rings (SSSR count). The van der Waals surface area contributed by atoms with Crippen LogP contribution in [-0.4, -0.2) is 0 Å². The van der Waals surface area contributed by atoms with Gasteiger partial charge in [-0.25, -0.2) is 0 Å². The Bertz CT molecular complexity index is 3.25. The zero-order valence-electron chi connectivity index (χ0n) is 1.49. The molecule has 0 aliphatic heterocycles. The van der Waals surface area contributed by atoms with Gasteiger partial charge in [0.15, 0.2) is 0 Å². The van der Waals surface area contributed by atoms with Crippen LogP contribution in [0.2, 0.25) is 0 Å². The molecule has 0 unspecified atom stereocenters. The van der Waals surface area contributed by atoms with Crippen molar-refractivity contribution in [3.8, 4) is 0 Å². The summed E-state index contributed by atoms with van der Waals surface area (Å²) < 4.78 is 0. The van der Waals surface area contributed by atoms with E-state index in [1.165, 1.54) is 0 Å². The second-order valence-electron chi connectivity index (χ2n) is 0.0540. The minimum absolute atomic E-state index is 0. The Balaban J connectivity index is 0. The van der Waals surface area contributed by atoms with E-state index in [4.69, 9.17) is 0 Å². The molecule has 0 N–H and O–H groups in total. The van der Waals surface area contributed by atoms with Crippen LogP contribution >= 0.6 is 37.2 Å². The number of halogens is 3. The molecule has 0 atom stereocenters. The van der Waals surface area contributed by atoms with E-state index in [1.807, 2.05) is 0 Å². The SMILES string of the molecule is I[I-]I.[Fe]. The van der Waals surface area contributed by atoms with Crippen molar-refractivity contribution in [2.24, 2.45) is 0 Å². The molecule has 0 saturated carbocycles. The maximum Gasteiger partial charge on any atom is 0 e. The topological polar surface area (TPSA) is 0 Å². The van der Waals surface area contributed by atoms with Crippen LogP contribution in [0.25, 0.3) is 0 Å². The number of rotatable bonds is 0. The molecule has 0 spiro atoms. The first-order valence-electron chi connectivity index (χ1n) is 0.286. The van der Waals surface area contributed by atoms with E-state index < -0.39 is 0 Å². The van der Waals surface area contributed by atoms with Gasteiger partial charge in [0, 0.05) is 17.1 Å². The molecule has 0 amide bonds. The van der Waals surface area contributed by atoms with E-state index in [2.05, 4.69) is 37.2 Å². The van der Waals surface area contributed by atoms with Gasteiger partial charge in [-0.1, -0.05) is 0 Å². The van der Waals surface area contributed by atoms with Gasteiger partial charge in [-0.3, -0.25) is 0 Å². The Kier molecular flexibility index (Phi) is 22.7. The molecule has 0 saturated heterocycles. The van der Waals surface area contributed by atoms with Gasteiger partial charge in [0.2, 0.25) is 0 Å². The first-order valence-corrected chi connectivity index (χ1v) is 12.9. The molecule has 0 aliphatic rings. The zero-order chi connectivity index (χ0) is 2.71. The van der Waals surface area contributed by atoms with E-state index in [9.17, 15) is 0 Å². The molecular weight excluding hydrogens is 437 g/mol. The Morgan fingerprint density at radius 1 is 1.25 bits per heavy atom. The fourth-order valence-electron chi connectivity index (χ4n) is 0. The standard InChI is InChI=1S/Fe.I3/c;1-3-2/q;-1. The summed E-state index contributed by atoms with van der Waals surface area (Å²) in [6.45, 7) is 0. The van der Waals surface area contributed by atoms with Crippen LogP contribution in [0.5, 0.6) is 0 Å². The first-order chi connectivity index (χ1) is 1.41.